The van der Waals surface area contributed by atoms with Crippen LogP contribution in [0.5, 0.6) is 0 Å². The van der Waals surface area contributed by atoms with E-state index in [0.29, 0.717) is 6.04 Å². The smallest absolute Gasteiger partial charge is 0.0215 e. The molecule has 0 radical (unpaired) electrons. The molecule has 0 saturated carbocycles. The molecule has 3 heteroatoms. The van der Waals surface area contributed by atoms with Gasteiger partial charge < -0.3 is 10.6 Å². The maximum Gasteiger partial charge on any atom is 0.0215 e. The fourth-order valence-corrected chi connectivity index (χ4v) is 3.12. The van der Waals surface area contributed by atoms with Crippen molar-refractivity contribution in [2.24, 2.45) is 5.73 Å². The van der Waals surface area contributed by atoms with Gasteiger partial charge in [0.15, 0.2) is 0 Å². The Morgan fingerprint density at radius 3 is 2.68 bits per heavy atom. The van der Waals surface area contributed by atoms with Gasteiger partial charge in [-0.15, -0.1) is 11.3 Å². The van der Waals surface area contributed by atoms with E-state index >= 15 is 0 Å². The van der Waals surface area contributed by atoms with Gasteiger partial charge in [-0.05, 0) is 31.3 Å². The summed E-state index contributed by atoms with van der Waals surface area (Å²) in [6.07, 6.45) is 9.17. The second-order valence-electron chi connectivity index (χ2n) is 5.40. The van der Waals surface area contributed by atoms with E-state index in [1.165, 1.54) is 43.4 Å². The number of nitrogens with zero attached hydrogens (tertiary/aromatic N) is 1. The van der Waals surface area contributed by atoms with E-state index in [0.717, 1.165) is 19.5 Å². The zero-order valence-electron chi connectivity index (χ0n) is 12.6. The first-order chi connectivity index (χ1) is 9.27. The Kier molecular flexibility index (Phi) is 9.14. The average Bonchev–Trinajstić information content (AvgIpc) is 2.93. The molecule has 0 aliphatic rings. The molecule has 110 valence electrons. The van der Waals surface area contributed by atoms with Crippen molar-refractivity contribution in [1.29, 1.82) is 0 Å². The number of unbranched alkanes of at least 4 members (excludes halogenated alkanes) is 4. The molecule has 0 bridgehead atoms. The van der Waals surface area contributed by atoms with Crippen molar-refractivity contribution >= 4 is 11.3 Å². The molecule has 1 rings (SSSR count). The van der Waals surface area contributed by atoms with Crippen molar-refractivity contribution in [3.05, 3.63) is 22.4 Å². The molecule has 0 fully saturated rings. The van der Waals surface area contributed by atoms with Crippen LogP contribution < -0.4 is 5.73 Å². The molecule has 2 nitrogen and oxygen atoms in total. The summed E-state index contributed by atoms with van der Waals surface area (Å²) in [5.41, 5.74) is 5.92. The summed E-state index contributed by atoms with van der Waals surface area (Å²) in [5, 5.41) is 2.16. The minimum absolute atomic E-state index is 0.557. The van der Waals surface area contributed by atoms with Crippen molar-refractivity contribution in [1.82, 2.24) is 4.90 Å². The summed E-state index contributed by atoms with van der Waals surface area (Å²) in [6.45, 7) is 4.17. The second kappa shape index (κ2) is 10.4. The van der Waals surface area contributed by atoms with E-state index in [1.807, 2.05) is 11.3 Å². The average molecular weight is 282 g/mol. The quantitative estimate of drug-likeness (QED) is 0.624. The number of hydrogen-bond donors (Lipinski definition) is 1. The summed E-state index contributed by atoms with van der Waals surface area (Å²) in [6, 6.07) is 4.91. The molecule has 2 N–H and O–H groups in total. The minimum atomic E-state index is 0.557. The highest BCUT2D eigenvalue weighted by Crippen LogP contribution is 2.13. The lowest BCUT2D eigenvalue weighted by Gasteiger charge is -2.26. The van der Waals surface area contributed by atoms with Crippen molar-refractivity contribution in [3.8, 4) is 0 Å². The summed E-state index contributed by atoms with van der Waals surface area (Å²) in [4.78, 5) is 3.92. The normalized spacial score (nSPS) is 13.1. The van der Waals surface area contributed by atoms with Crippen LogP contribution in [0.3, 0.4) is 0 Å². The van der Waals surface area contributed by atoms with Crippen LogP contribution in [0.15, 0.2) is 17.5 Å². The predicted octanol–water partition coefficient (Wildman–Crippen LogP) is 3.91. The molecule has 1 unspecified atom stereocenters. The zero-order valence-corrected chi connectivity index (χ0v) is 13.4. The number of rotatable bonds is 11. The third-order valence-corrected chi connectivity index (χ3v) is 4.76. The largest absolute Gasteiger partial charge is 0.329 e. The van der Waals surface area contributed by atoms with Gasteiger partial charge in [-0.1, -0.05) is 45.1 Å². The van der Waals surface area contributed by atoms with E-state index in [9.17, 15) is 0 Å². The lowest BCUT2D eigenvalue weighted by Crippen LogP contribution is -2.38. The third kappa shape index (κ3) is 7.09. The second-order valence-corrected chi connectivity index (χ2v) is 6.43. The topological polar surface area (TPSA) is 29.3 Å². The van der Waals surface area contributed by atoms with Gasteiger partial charge in [-0.2, -0.15) is 0 Å². The van der Waals surface area contributed by atoms with E-state index in [4.69, 9.17) is 5.73 Å². The Hall–Kier alpha value is -0.380. The van der Waals surface area contributed by atoms with Crippen LogP contribution in [0.4, 0.5) is 0 Å². The van der Waals surface area contributed by atoms with Crippen molar-refractivity contribution in [2.75, 3.05) is 20.1 Å². The number of likely N-dealkylation sites (N-methyl/N-ethyl adjacent to an activating group) is 1. The molecule has 1 aromatic heterocycles. The standard InChI is InChI=1S/C16H30N2S/c1-3-4-5-6-7-9-15(14-17)18(2)12-11-16-10-8-13-19-16/h8,10,13,15H,3-7,9,11-12,14,17H2,1-2H3. The summed E-state index contributed by atoms with van der Waals surface area (Å²) in [5.74, 6) is 0. The van der Waals surface area contributed by atoms with Crippen LogP contribution in [-0.4, -0.2) is 31.1 Å². The fourth-order valence-electron chi connectivity index (χ4n) is 2.43. The Labute approximate surface area is 123 Å². The van der Waals surface area contributed by atoms with Crippen LogP contribution in [0.1, 0.15) is 50.3 Å². The summed E-state index contributed by atoms with van der Waals surface area (Å²) in [7, 11) is 2.22. The van der Waals surface area contributed by atoms with Gasteiger partial charge in [-0.3, -0.25) is 0 Å². The van der Waals surface area contributed by atoms with E-state index < -0.39 is 0 Å². The van der Waals surface area contributed by atoms with Gasteiger partial charge in [0, 0.05) is 24.0 Å². The first kappa shape index (κ1) is 16.7. The number of nitrogens with two attached hydrogens (primary N) is 1. The van der Waals surface area contributed by atoms with E-state index in [-0.39, 0.29) is 0 Å². The van der Waals surface area contributed by atoms with Crippen LogP contribution in [0.2, 0.25) is 0 Å². The molecule has 1 aromatic rings. The third-order valence-electron chi connectivity index (χ3n) is 3.83. The molecule has 0 amide bonds. The van der Waals surface area contributed by atoms with Crippen LogP contribution in [0, 0.1) is 0 Å². The molecule has 0 aliphatic heterocycles. The summed E-state index contributed by atoms with van der Waals surface area (Å²) < 4.78 is 0. The monoisotopic (exact) mass is 282 g/mol. The first-order valence-electron chi connectivity index (χ1n) is 7.70. The van der Waals surface area contributed by atoms with E-state index in [2.05, 4.69) is 36.4 Å². The summed E-state index contributed by atoms with van der Waals surface area (Å²) >= 11 is 1.85. The molecule has 0 saturated heterocycles. The van der Waals surface area contributed by atoms with Gasteiger partial charge in [0.25, 0.3) is 0 Å². The minimum Gasteiger partial charge on any atom is -0.329 e. The van der Waals surface area contributed by atoms with Crippen molar-refractivity contribution < 1.29 is 0 Å². The molecular formula is C16H30N2S. The lowest BCUT2D eigenvalue weighted by molar-refractivity contribution is 0.233. The molecule has 1 atom stereocenters. The molecule has 0 spiro atoms. The highest BCUT2D eigenvalue weighted by molar-refractivity contribution is 7.09. The maximum absolute atomic E-state index is 5.92. The molecular weight excluding hydrogens is 252 g/mol. The SMILES string of the molecule is CCCCCCCC(CN)N(C)CCc1cccs1. The first-order valence-corrected chi connectivity index (χ1v) is 8.58. The molecule has 19 heavy (non-hydrogen) atoms. The number of thiophene rings is 1. The Balaban J connectivity index is 2.17. The van der Waals surface area contributed by atoms with Crippen LogP contribution >= 0.6 is 11.3 Å². The Morgan fingerprint density at radius 1 is 1.26 bits per heavy atom. The lowest BCUT2D eigenvalue weighted by atomic mass is 10.1. The van der Waals surface area contributed by atoms with Gasteiger partial charge in [0.2, 0.25) is 0 Å². The Morgan fingerprint density at radius 2 is 2.05 bits per heavy atom. The zero-order chi connectivity index (χ0) is 13.9. The molecule has 0 aliphatic carbocycles. The highest BCUT2D eigenvalue weighted by Gasteiger charge is 2.12. The number of hydrogen-bond acceptors (Lipinski definition) is 3. The van der Waals surface area contributed by atoms with Crippen LogP contribution in [0.25, 0.3) is 0 Å². The van der Waals surface area contributed by atoms with Crippen molar-refractivity contribution in [2.45, 2.75) is 57.9 Å². The maximum atomic E-state index is 5.92. The molecule has 0 aromatic carbocycles. The van der Waals surface area contributed by atoms with Crippen LogP contribution in [-0.2, 0) is 6.42 Å². The van der Waals surface area contributed by atoms with Gasteiger partial charge in [0.1, 0.15) is 0 Å². The van der Waals surface area contributed by atoms with Gasteiger partial charge in [-0.25, -0.2) is 0 Å². The Bertz CT molecular complexity index is 298. The van der Waals surface area contributed by atoms with Gasteiger partial charge in [0.05, 0.1) is 0 Å². The van der Waals surface area contributed by atoms with Crippen molar-refractivity contribution in [3.63, 3.8) is 0 Å². The predicted molar refractivity (Wildman–Crippen MR) is 86.9 cm³/mol. The highest BCUT2D eigenvalue weighted by atomic mass is 32.1. The van der Waals surface area contributed by atoms with E-state index in [1.54, 1.807) is 0 Å². The van der Waals surface area contributed by atoms with Gasteiger partial charge >= 0.3 is 0 Å². The molecule has 1 heterocycles. The fraction of sp³-hybridized carbons (Fsp3) is 0.750.